The molecule has 0 fully saturated rings. The molecular formula is C19H34O2Si. The number of aliphatic hydroxyl groups excluding tert-OH is 1. The molecule has 0 radical (unpaired) electrons. The SMILES string of the molecule is C[C@H](CCO)C[C@@H](Cc1ccccc1)O[Si](C)(C)C(C)(C)C. The fraction of sp³-hybridized carbons (Fsp3) is 0.684. The highest BCUT2D eigenvalue weighted by molar-refractivity contribution is 6.74. The summed E-state index contributed by atoms with van der Waals surface area (Å²) in [5, 5.41) is 9.39. The van der Waals surface area contributed by atoms with E-state index in [-0.39, 0.29) is 17.7 Å². The Morgan fingerprint density at radius 2 is 1.73 bits per heavy atom. The van der Waals surface area contributed by atoms with Gasteiger partial charge in [0.15, 0.2) is 8.32 Å². The maximum Gasteiger partial charge on any atom is 0.192 e. The van der Waals surface area contributed by atoms with Crippen LogP contribution < -0.4 is 0 Å². The highest BCUT2D eigenvalue weighted by atomic mass is 28.4. The molecule has 0 saturated heterocycles. The molecule has 2 atom stereocenters. The van der Waals surface area contributed by atoms with E-state index in [9.17, 15) is 0 Å². The molecule has 0 bridgehead atoms. The van der Waals surface area contributed by atoms with Gasteiger partial charge < -0.3 is 9.53 Å². The maximum atomic E-state index is 9.17. The summed E-state index contributed by atoms with van der Waals surface area (Å²) in [6.45, 7) is 14.0. The first-order chi connectivity index (χ1) is 10.2. The third-order valence-electron chi connectivity index (χ3n) is 4.86. The minimum atomic E-state index is -1.77. The predicted molar refractivity (Wildman–Crippen MR) is 97.7 cm³/mol. The Labute approximate surface area is 138 Å². The first-order valence-electron chi connectivity index (χ1n) is 8.48. The zero-order valence-corrected chi connectivity index (χ0v) is 16.2. The summed E-state index contributed by atoms with van der Waals surface area (Å²) in [4.78, 5) is 0. The van der Waals surface area contributed by atoms with Gasteiger partial charge in [0.1, 0.15) is 0 Å². The highest BCUT2D eigenvalue weighted by Gasteiger charge is 2.39. The average molecular weight is 323 g/mol. The van der Waals surface area contributed by atoms with E-state index in [0.29, 0.717) is 5.92 Å². The Balaban J connectivity index is 2.82. The minimum Gasteiger partial charge on any atom is -0.414 e. The highest BCUT2D eigenvalue weighted by Crippen LogP contribution is 2.38. The fourth-order valence-corrected chi connectivity index (χ4v) is 3.80. The molecule has 1 rings (SSSR count). The largest absolute Gasteiger partial charge is 0.414 e. The molecule has 0 amide bonds. The Morgan fingerprint density at radius 3 is 2.23 bits per heavy atom. The van der Waals surface area contributed by atoms with Crippen molar-refractivity contribution >= 4 is 8.32 Å². The standard InChI is InChI=1S/C19H34O2Si/c1-16(12-13-20)14-18(15-17-10-8-7-9-11-17)21-22(5,6)19(2,3)4/h7-11,16,18,20H,12-15H2,1-6H3/t16-,18+/m1/s1. The van der Waals surface area contributed by atoms with Crippen LogP contribution in [0, 0.1) is 5.92 Å². The molecule has 0 aliphatic heterocycles. The van der Waals surface area contributed by atoms with Crippen LogP contribution in [0.15, 0.2) is 30.3 Å². The number of rotatable bonds is 8. The summed E-state index contributed by atoms with van der Waals surface area (Å²) in [5.41, 5.74) is 1.34. The summed E-state index contributed by atoms with van der Waals surface area (Å²) < 4.78 is 6.68. The number of aliphatic hydroxyl groups is 1. The smallest absolute Gasteiger partial charge is 0.192 e. The van der Waals surface area contributed by atoms with Gasteiger partial charge in [0.2, 0.25) is 0 Å². The first kappa shape index (κ1) is 19.4. The Kier molecular flexibility index (Phi) is 7.30. The molecule has 3 heteroatoms. The monoisotopic (exact) mass is 322 g/mol. The second-order valence-electron chi connectivity index (χ2n) is 8.04. The van der Waals surface area contributed by atoms with Crippen molar-refractivity contribution in [2.24, 2.45) is 5.92 Å². The van der Waals surface area contributed by atoms with Gasteiger partial charge in [0.05, 0.1) is 0 Å². The van der Waals surface area contributed by atoms with Gasteiger partial charge in [-0.3, -0.25) is 0 Å². The van der Waals surface area contributed by atoms with Gasteiger partial charge >= 0.3 is 0 Å². The van der Waals surface area contributed by atoms with Gasteiger partial charge in [0.25, 0.3) is 0 Å². The lowest BCUT2D eigenvalue weighted by atomic mass is 9.96. The number of hydrogen-bond acceptors (Lipinski definition) is 2. The number of hydrogen-bond donors (Lipinski definition) is 1. The third-order valence-corrected chi connectivity index (χ3v) is 9.40. The van der Waals surface area contributed by atoms with Gasteiger partial charge in [0, 0.05) is 12.7 Å². The van der Waals surface area contributed by atoms with Gasteiger partial charge in [-0.15, -0.1) is 0 Å². The lowest BCUT2D eigenvalue weighted by Gasteiger charge is -2.40. The van der Waals surface area contributed by atoms with Crippen LogP contribution in [0.25, 0.3) is 0 Å². The molecule has 0 spiro atoms. The van der Waals surface area contributed by atoms with Crippen molar-refractivity contribution in [3.63, 3.8) is 0 Å². The molecule has 0 aromatic heterocycles. The topological polar surface area (TPSA) is 29.5 Å². The predicted octanol–water partition coefficient (Wildman–Crippen LogP) is 5.03. The molecule has 2 nitrogen and oxygen atoms in total. The molecule has 126 valence electrons. The molecular weight excluding hydrogens is 288 g/mol. The van der Waals surface area contributed by atoms with Gasteiger partial charge in [-0.25, -0.2) is 0 Å². The van der Waals surface area contributed by atoms with E-state index >= 15 is 0 Å². The van der Waals surface area contributed by atoms with Crippen LogP contribution in [0.2, 0.25) is 18.1 Å². The van der Waals surface area contributed by atoms with Crippen LogP contribution in [0.3, 0.4) is 0 Å². The molecule has 1 aromatic rings. The van der Waals surface area contributed by atoms with Crippen LogP contribution >= 0.6 is 0 Å². The first-order valence-corrected chi connectivity index (χ1v) is 11.4. The summed E-state index contributed by atoms with van der Waals surface area (Å²) in [6.07, 6.45) is 3.07. The van der Waals surface area contributed by atoms with E-state index in [1.54, 1.807) is 0 Å². The van der Waals surface area contributed by atoms with Crippen LogP contribution in [0.5, 0.6) is 0 Å². The maximum absolute atomic E-state index is 9.17. The second kappa shape index (κ2) is 8.28. The molecule has 0 unspecified atom stereocenters. The molecule has 0 saturated carbocycles. The summed E-state index contributed by atoms with van der Waals surface area (Å²) in [6, 6.07) is 10.6. The minimum absolute atomic E-state index is 0.224. The number of benzene rings is 1. The normalized spacial score (nSPS) is 15.6. The Bertz CT molecular complexity index is 423. The third kappa shape index (κ3) is 6.23. The summed E-state index contributed by atoms with van der Waals surface area (Å²) in [7, 11) is -1.77. The van der Waals surface area contributed by atoms with E-state index in [1.807, 2.05) is 0 Å². The quantitative estimate of drug-likeness (QED) is 0.680. The van der Waals surface area contributed by atoms with Crippen LogP contribution in [-0.2, 0) is 10.8 Å². The van der Waals surface area contributed by atoms with E-state index < -0.39 is 8.32 Å². The molecule has 1 aromatic carbocycles. The molecule has 22 heavy (non-hydrogen) atoms. The molecule has 0 aliphatic carbocycles. The summed E-state index contributed by atoms with van der Waals surface area (Å²) >= 11 is 0. The second-order valence-corrected chi connectivity index (χ2v) is 12.8. The molecule has 0 aliphatic rings. The van der Waals surface area contributed by atoms with Crippen molar-refractivity contribution in [1.82, 2.24) is 0 Å². The van der Waals surface area contributed by atoms with Gasteiger partial charge in [-0.2, -0.15) is 0 Å². The van der Waals surface area contributed by atoms with Crippen molar-refractivity contribution < 1.29 is 9.53 Å². The van der Waals surface area contributed by atoms with E-state index in [4.69, 9.17) is 9.53 Å². The molecule has 0 heterocycles. The summed E-state index contributed by atoms with van der Waals surface area (Å²) in [5.74, 6) is 0.489. The van der Waals surface area contributed by atoms with Crippen LogP contribution in [-0.4, -0.2) is 26.1 Å². The van der Waals surface area contributed by atoms with Gasteiger partial charge in [-0.05, 0) is 48.9 Å². The Morgan fingerprint density at radius 1 is 1.14 bits per heavy atom. The van der Waals surface area contributed by atoms with Crippen molar-refractivity contribution in [3.05, 3.63) is 35.9 Å². The van der Waals surface area contributed by atoms with E-state index in [2.05, 4.69) is 71.1 Å². The van der Waals surface area contributed by atoms with E-state index in [0.717, 1.165) is 19.3 Å². The zero-order chi connectivity index (χ0) is 16.8. The van der Waals surface area contributed by atoms with Crippen molar-refractivity contribution in [3.8, 4) is 0 Å². The average Bonchev–Trinajstić information content (AvgIpc) is 2.38. The van der Waals surface area contributed by atoms with Gasteiger partial charge in [-0.1, -0.05) is 58.0 Å². The Hall–Kier alpha value is -0.643. The van der Waals surface area contributed by atoms with Crippen molar-refractivity contribution in [1.29, 1.82) is 0 Å². The van der Waals surface area contributed by atoms with Crippen LogP contribution in [0.4, 0.5) is 0 Å². The van der Waals surface area contributed by atoms with Crippen molar-refractivity contribution in [2.75, 3.05) is 6.61 Å². The van der Waals surface area contributed by atoms with Crippen molar-refractivity contribution in [2.45, 2.75) is 71.2 Å². The zero-order valence-electron chi connectivity index (χ0n) is 15.2. The lowest BCUT2D eigenvalue weighted by Crippen LogP contribution is -2.44. The molecule has 1 N–H and O–H groups in total. The fourth-order valence-electron chi connectivity index (χ4n) is 2.43. The lowest BCUT2D eigenvalue weighted by molar-refractivity contribution is 0.143. The van der Waals surface area contributed by atoms with E-state index in [1.165, 1.54) is 5.56 Å². The van der Waals surface area contributed by atoms with Crippen LogP contribution in [0.1, 0.15) is 46.1 Å².